The quantitative estimate of drug-likeness (QED) is 0.626. The Balaban J connectivity index is 1.42. The molecule has 2 aliphatic rings. The average molecular weight is 524 g/mol. The van der Waals surface area contributed by atoms with Gasteiger partial charge >= 0.3 is 6.18 Å². The van der Waals surface area contributed by atoms with E-state index in [2.05, 4.69) is 5.32 Å². The van der Waals surface area contributed by atoms with E-state index in [9.17, 15) is 31.2 Å². The highest BCUT2D eigenvalue weighted by atomic mass is 32.2. The number of likely N-dealkylation sites (tertiary alicyclic amines) is 1. The molecule has 2 heterocycles. The summed E-state index contributed by atoms with van der Waals surface area (Å²) in [6.07, 6.45) is -3.40. The summed E-state index contributed by atoms with van der Waals surface area (Å²) in [5, 5.41) is 2.69. The average Bonchev–Trinajstić information content (AvgIpc) is 3.30. The molecule has 0 radical (unpaired) electrons. The Morgan fingerprint density at radius 3 is 2.36 bits per heavy atom. The summed E-state index contributed by atoms with van der Waals surface area (Å²) in [6, 6.07) is 9.59. The van der Waals surface area contributed by atoms with Gasteiger partial charge in [-0.3, -0.25) is 9.59 Å². The van der Waals surface area contributed by atoms with Gasteiger partial charge in [0.1, 0.15) is 6.04 Å². The molecule has 0 aromatic heterocycles. The van der Waals surface area contributed by atoms with Gasteiger partial charge in [0.15, 0.2) is 0 Å². The maximum absolute atomic E-state index is 13.2. The third-order valence-corrected chi connectivity index (χ3v) is 8.28. The van der Waals surface area contributed by atoms with Gasteiger partial charge in [0.25, 0.3) is 5.91 Å². The number of alkyl halides is 3. The molecule has 7 nitrogen and oxygen atoms in total. The Labute approximate surface area is 208 Å². The minimum absolute atomic E-state index is 0.0232. The van der Waals surface area contributed by atoms with Gasteiger partial charge in [-0.25, -0.2) is 8.42 Å². The summed E-state index contributed by atoms with van der Waals surface area (Å²) in [6.45, 7) is 5.13. The van der Waals surface area contributed by atoms with E-state index in [4.69, 9.17) is 0 Å². The summed E-state index contributed by atoms with van der Waals surface area (Å²) >= 11 is 0. The summed E-state index contributed by atoms with van der Waals surface area (Å²) in [5.41, 5.74) is -0.179. The number of nitrogens with zero attached hydrogens (tertiary/aromatic N) is 2. The topological polar surface area (TPSA) is 86.8 Å². The first-order chi connectivity index (χ1) is 16.8. The van der Waals surface area contributed by atoms with Crippen LogP contribution in [0, 0.1) is 5.41 Å². The van der Waals surface area contributed by atoms with Gasteiger partial charge in [0, 0.05) is 31.7 Å². The number of sulfonamides is 1. The molecule has 0 saturated carbocycles. The normalized spacial score (nSPS) is 20.1. The van der Waals surface area contributed by atoms with Crippen molar-refractivity contribution < 1.29 is 31.2 Å². The predicted molar refractivity (Wildman–Crippen MR) is 126 cm³/mol. The highest BCUT2D eigenvalue weighted by Gasteiger charge is 2.42. The molecule has 2 aliphatic heterocycles. The van der Waals surface area contributed by atoms with Crippen molar-refractivity contribution in [1.82, 2.24) is 14.5 Å². The molecule has 1 N–H and O–H groups in total. The maximum Gasteiger partial charge on any atom is 0.416 e. The highest BCUT2D eigenvalue weighted by Crippen LogP contribution is 2.34. The molecule has 0 unspecified atom stereocenters. The van der Waals surface area contributed by atoms with E-state index in [-0.39, 0.29) is 22.4 Å². The lowest BCUT2D eigenvalue weighted by Gasteiger charge is -2.44. The van der Waals surface area contributed by atoms with Gasteiger partial charge < -0.3 is 10.2 Å². The number of carbonyl (C=O) groups is 2. The molecule has 194 valence electrons. The number of benzene rings is 2. The van der Waals surface area contributed by atoms with Crippen molar-refractivity contribution in [3.8, 4) is 0 Å². The van der Waals surface area contributed by atoms with Crippen LogP contribution < -0.4 is 5.32 Å². The second-order valence-corrected chi connectivity index (χ2v) is 12.0. The zero-order chi connectivity index (χ0) is 26.3. The third-order valence-electron chi connectivity index (χ3n) is 6.49. The van der Waals surface area contributed by atoms with E-state index in [0.717, 1.165) is 12.1 Å². The third kappa shape index (κ3) is 5.41. The van der Waals surface area contributed by atoms with Crippen molar-refractivity contribution in [2.75, 3.05) is 19.6 Å². The Morgan fingerprint density at radius 1 is 1.08 bits per heavy atom. The Hall–Kier alpha value is -2.92. The van der Waals surface area contributed by atoms with Gasteiger partial charge in [0.2, 0.25) is 15.9 Å². The summed E-state index contributed by atoms with van der Waals surface area (Å²) < 4.78 is 65.5. The van der Waals surface area contributed by atoms with Crippen LogP contribution in [0.25, 0.3) is 0 Å². The molecule has 2 aromatic rings. The smallest absolute Gasteiger partial charge is 0.350 e. The lowest BCUT2D eigenvalue weighted by Crippen LogP contribution is -2.55. The Morgan fingerprint density at radius 2 is 1.75 bits per heavy atom. The largest absolute Gasteiger partial charge is 0.416 e. The molecular formula is C25H28F3N3O4S. The molecule has 0 bridgehead atoms. The van der Waals surface area contributed by atoms with Crippen LogP contribution in [0.15, 0.2) is 53.4 Å². The van der Waals surface area contributed by atoms with Crippen molar-refractivity contribution in [2.24, 2.45) is 5.41 Å². The number of hydrogen-bond acceptors (Lipinski definition) is 4. The van der Waals surface area contributed by atoms with Crippen LogP contribution in [0.2, 0.25) is 0 Å². The second-order valence-electron chi connectivity index (χ2n) is 10.0. The number of rotatable bonds is 6. The van der Waals surface area contributed by atoms with E-state index >= 15 is 0 Å². The molecule has 2 amide bonds. The number of carbonyl (C=O) groups excluding carboxylic acids is 2. The zero-order valence-corrected chi connectivity index (χ0v) is 20.8. The molecule has 4 rings (SSSR count). The fourth-order valence-electron chi connectivity index (χ4n) is 4.58. The minimum atomic E-state index is -4.44. The van der Waals surface area contributed by atoms with Crippen LogP contribution in [0.1, 0.15) is 48.2 Å². The SMILES string of the molecule is CC1(C)CN(S(=O)(=O)c2cccc(C(=O)N3CCC[C@@H]3C(=O)NCc3ccc(C(F)(F)F)cc3)c2)C1. The minimum Gasteiger partial charge on any atom is -0.350 e. The molecule has 2 aromatic carbocycles. The predicted octanol–water partition coefficient (Wildman–Crippen LogP) is 3.66. The molecule has 0 aliphatic carbocycles. The molecule has 2 saturated heterocycles. The summed E-state index contributed by atoms with van der Waals surface area (Å²) in [7, 11) is -3.72. The fraction of sp³-hybridized carbons (Fsp3) is 0.440. The number of nitrogens with one attached hydrogen (secondary N) is 1. The monoisotopic (exact) mass is 523 g/mol. The Bertz CT molecular complexity index is 1250. The van der Waals surface area contributed by atoms with Crippen LogP contribution in [0.4, 0.5) is 13.2 Å². The van der Waals surface area contributed by atoms with Crippen molar-refractivity contribution in [3.05, 3.63) is 65.2 Å². The highest BCUT2D eigenvalue weighted by molar-refractivity contribution is 7.89. The number of hydrogen-bond donors (Lipinski definition) is 1. The summed E-state index contributed by atoms with van der Waals surface area (Å²) in [4.78, 5) is 27.5. The Kier molecular flexibility index (Phi) is 6.91. The van der Waals surface area contributed by atoms with Gasteiger partial charge in [0.05, 0.1) is 10.5 Å². The second kappa shape index (κ2) is 9.51. The summed E-state index contributed by atoms with van der Waals surface area (Å²) in [5.74, 6) is -0.851. The fourth-order valence-corrected chi connectivity index (χ4v) is 6.45. The van der Waals surface area contributed by atoms with Crippen molar-refractivity contribution in [1.29, 1.82) is 0 Å². The van der Waals surface area contributed by atoms with E-state index in [0.29, 0.717) is 38.0 Å². The zero-order valence-electron chi connectivity index (χ0n) is 20.0. The van der Waals surface area contributed by atoms with Crippen LogP contribution >= 0.6 is 0 Å². The van der Waals surface area contributed by atoms with Crippen molar-refractivity contribution in [3.63, 3.8) is 0 Å². The van der Waals surface area contributed by atoms with Gasteiger partial charge in [-0.15, -0.1) is 0 Å². The maximum atomic E-state index is 13.2. The van der Waals surface area contributed by atoms with E-state index < -0.39 is 39.6 Å². The van der Waals surface area contributed by atoms with Crippen LogP contribution in [0.3, 0.4) is 0 Å². The van der Waals surface area contributed by atoms with Crippen LogP contribution in [-0.4, -0.2) is 55.1 Å². The van der Waals surface area contributed by atoms with Crippen molar-refractivity contribution in [2.45, 2.75) is 50.3 Å². The molecule has 36 heavy (non-hydrogen) atoms. The lowest BCUT2D eigenvalue weighted by atomic mass is 9.87. The molecule has 1 atom stereocenters. The van der Waals surface area contributed by atoms with Gasteiger partial charge in [-0.05, 0) is 54.2 Å². The van der Waals surface area contributed by atoms with Gasteiger partial charge in [-0.1, -0.05) is 32.0 Å². The standard InChI is InChI=1S/C25H28F3N3O4S/c1-24(2)15-30(16-24)36(34,35)20-6-3-5-18(13-20)23(33)31-12-4-7-21(31)22(32)29-14-17-8-10-19(11-9-17)25(26,27)28/h3,5-6,8-11,13,21H,4,7,12,14-16H2,1-2H3,(H,29,32)/t21-/m1/s1. The first-order valence-corrected chi connectivity index (χ1v) is 13.1. The molecule has 2 fully saturated rings. The molecular weight excluding hydrogens is 495 g/mol. The molecule has 11 heteroatoms. The van der Waals surface area contributed by atoms with Crippen molar-refractivity contribution >= 4 is 21.8 Å². The van der Waals surface area contributed by atoms with Crippen LogP contribution in [-0.2, 0) is 27.5 Å². The van der Waals surface area contributed by atoms with Crippen LogP contribution in [0.5, 0.6) is 0 Å². The lowest BCUT2D eigenvalue weighted by molar-refractivity contribution is -0.137. The van der Waals surface area contributed by atoms with E-state index in [1.54, 1.807) is 0 Å². The van der Waals surface area contributed by atoms with Gasteiger partial charge in [-0.2, -0.15) is 17.5 Å². The molecule has 0 spiro atoms. The number of amides is 2. The van der Waals surface area contributed by atoms with E-state index in [1.807, 2.05) is 13.8 Å². The first kappa shape index (κ1) is 26.2. The first-order valence-electron chi connectivity index (χ1n) is 11.6. The number of halogens is 3. The van der Waals surface area contributed by atoms with E-state index in [1.165, 1.54) is 45.6 Å².